The van der Waals surface area contributed by atoms with Crippen LogP contribution in [0.3, 0.4) is 0 Å². The van der Waals surface area contributed by atoms with Crippen LogP contribution in [0.4, 0.5) is 0 Å². The van der Waals surface area contributed by atoms with Gasteiger partial charge in [0.1, 0.15) is 0 Å². The zero-order chi connectivity index (χ0) is 9.31. The fraction of sp³-hybridized carbons (Fsp3) is 1.00. The SMILES string of the molecule is COC1(C)CCCN(C2CNC2)C1. The van der Waals surface area contributed by atoms with Crippen LogP contribution in [0.5, 0.6) is 0 Å². The molecule has 2 saturated heterocycles. The number of ether oxygens (including phenoxy) is 1. The quantitative estimate of drug-likeness (QED) is 0.675. The largest absolute Gasteiger partial charge is 0.377 e. The minimum atomic E-state index is 0.105. The Labute approximate surface area is 80.4 Å². The summed E-state index contributed by atoms with van der Waals surface area (Å²) in [5, 5.41) is 3.32. The van der Waals surface area contributed by atoms with E-state index in [1.165, 1.54) is 32.5 Å². The van der Waals surface area contributed by atoms with Crippen molar-refractivity contribution in [2.24, 2.45) is 0 Å². The Bertz CT molecular complexity index is 182. The number of hydrogen-bond acceptors (Lipinski definition) is 3. The molecular formula is C10H20N2O. The van der Waals surface area contributed by atoms with Gasteiger partial charge in [0.15, 0.2) is 0 Å². The average molecular weight is 184 g/mol. The number of nitrogens with zero attached hydrogens (tertiary/aromatic N) is 1. The summed E-state index contributed by atoms with van der Waals surface area (Å²) in [6, 6.07) is 0.773. The molecule has 0 aromatic carbocycles. The van der Waals surface area contributed by atoms with Crippen LogP contribution in [0.2, 0.25) is 0 Å². The van der Waals surface area contributed by atoms with Crippen molar-refractivity contribution in [3.63, 3.8) is 0 Å². The molecule has 2 heterocycles. The molecule has 1 N–H and O–H groups in total. The Morgan fingerprint density at radius 1 is 1.46 bits per heavy atom. The van der Waals surface area contributed by atoms with Crippen LogP contribution in [0.15, 0.2) is 0 Å². The van der Waals surface area contributed by atoms with Gasteiger partial charge < -0.3 is 10.1 Å². The third-order valence-electron chi connectivity index (χ3n) is 3.46. The van der Waals surface area contributed by atoms with Crippen LogP contribution in [-0.4, -0.2) is 49.8 Å². The summed E-state index contributed by atoms with van der Waals surface area (Å²) in [5.41, 5.74) is 0.105. The van der Waals surface area contributed by atoms with Gasteiger partial charge in [0.05, 0.1) is 5.60 Å². The lowest BCUT2D eigenvalue weighted by molar-refractivity contribution is -0.0662. The number of methoxy groups -OCH3 is 1. The van der Waals surface area contributed by atoms with E-state index in [1.54, 1.807) is 0 Å². The van der Waals surface area contributed by atoms with Gasteiger partial charge in [-0.2, -0.15) is 0 Å². The van der Waals surface area contributed by atoms with E-state index in [0.717, 1.165) is 12.6 Å². The molecule has 0 spiro atoms. The molecule has 2 fully saturated rings. The lowest BCUT2D eigenvalue weighted by atomic mass is 9.92. The molecule has 0 aromatic rings. The van der Waals surface area contributed by atoms with Crippen LogP contribution in [0, 0.1) is 0 Å². The topological polar surface area (TPSA) is 24.5 Å². The summed E-state index contributed by atoms with van der Waals surface area (Å²) in [5.74, 6) is 0. The van der Waals surface area contributed by atoms with E-state index in [-0.39, 0.29) is 5.60 Å². The highest BCUT2D eigenvalue weighted by atomic mass is 16.5. The van der Waals surface area contributed by atoms with E-state index in [0.29, 0.717) is 0 Å². The van der Waals surface area contributed by atoms with Gasteiger partial charge in [-0.15, -0.1) is 0 Å². The monoisotopic (exact) mass is 184 g/mol. The van der Waals surface area contributed by atoms with Crippen molar-refractivity contribution >= 4 is 0 Å². The molecule has 2 rings (SSSR count). The molecule has 0 saturated carbocycles. The molecule has 0 aliphatic carbocycles. The highest BCUT2D eigenvalue weighted by molar-refractivity contribution is 4.92. The van der Waals surface area contributed by atoms with Crippen LogP contribution in [0.25, 0.3) is 0 Å². The Morgan fingerprint density at radius 2 is 2.23 bits per heavy atom. The van der Waals surface area contributed by atoms with Gasteiger partial charge in [-0.3, -0.25) is 4.90 Å². The molecule has 13 heavy (non-hydrogen) atoms. The van der Waals surface area contributed by atoms with Gasteiger partial charge >= 0.3 is 0 Å². The van der Waals surface area contributed by atoms with Gasteiger partial charge in [0.25, 0.3) is 0 Å². The summed E-state index contributed by atoms with van der Waals surface area (Å²) in [4.78, 5) is 2.57. The Kier molecular flexibility index (Phi) is 2.58. The van der Waals surface area contributed by atoms with Crippen molar-refractivity contribution in [1.29, 1.82) is 0 Å². The van der Waals surface area contributed by atoms with Crippen molar-refractivity contribution in [1.82, 2.24) is 10.2 Å². The number of hydrogen-bond donors (Lipinski definition) is 1. The molecule has 0 amide bonds. The number of nitrogens with one attached hydrogen (secondary N) is 1. The summed E-state index contributed by atoms with van der Waals surface area (Å²) in [7, 11) is 1.84. The minimum absolute atomic E-state index is 0.105. The Balaban J connectivity index is 1.91. The zero-order valence-corrected chi connectivity index (χ0v) is 8.68. The minimum Gasteiger partial charge on any atom is -0.377 e. The predicted octanol–water partition coefficient (Wildman–Crippen LogP) is 0.459. The summed E-state index contributed by atoms with van der Waals surface area (Å²) in [6.07, 6.45) is 2.49. The molecule has 3 nitrogen and oxygen atoms in total. The first-order valence-electron chi connectivity index (χ1n) is 5.23. The summed E-state index contributed by atoms with van der Waals surface area (Å²) in [6.45, 7) is 6.92. The maximum absolute atomic E-state index is 5.57. The van der Waals surface area contributed by atoms with Crippen LogP contribution in [0.1, 0.15) is 19.8 Å². The van der Waals surface area contributed by atoms with Gasteiger partial charge in [-0.25, -0.2) is 0 Å². The first kappa shape index (κ1) is 9.44. The maximum atomic E-state index is 5.57. The van der Waals surface area contributed by atoms with Gasteiger partial charge in [0.2, 0.25) is 0 Å². The Morgan fingerprint density at radius 3 is 2.77 bits per heavy atom. The number of likely N-dealkylation sites (tertiary alicyclic amines) is 1. The average Bonchev–Trinajstić information content (AvgIpc) is 2.01. The van der Waals surface area contributed by atoms with Crippen molar-refractivity contribution in [3.8, 4) is 0 Å². The van der Waals surface area contributed by atoms with Crippen molar-refractivity contribution in [3.05, 3.63) is 0 Å². The smallest absolute Gasteiger partial charge is 0.0777 e. The van der Waals surface area contributed by atoms with E-state index in [4.69, 9.17) is 4.74 Å². The zero-order valence-electron chi connectivity index (χ0n) is 8.68. The molecule has 1 atom stereocenters. The van der Waals surface area contributed by atoms with Crippen molar-refractivity contribution in [2.75, 3.05) is 33.3 Å². The third-order valence-corrected chi connectivity index (χ3v) is 3.46. The normalized spacial score (nSPS) is 37.4. The molecule has 1 unspecified atom stereocenters. The first-order chi connectivity index (χ1) is 6.23. The number of rotatable bonds is 2. The highest BCUT2D eigenvalue weighted by Crippen LogP contribution is 2.25. The van der Waals surface area contributed by atoms with Crippen LogP contribution >= 0.6 is 0 Å². The lowest BCUT2D eigenvalue weighted by Gasteiger charge is -2.46. The second kappa shape index (κ2) is 3.56. The fourth-order valence-corrected chi connectivity index (χ4v) is 2.25. The van der Waals surface area contributed by atoms with Gasteiger partial charge in [-0.1, -0.05) is 0 Å². The molecule has 0 aromatic heterocycles. The maximum Gasteiger partial charge on any atom is 0.0777 e. The fourth-order valence-electron chi connectivity index (χ4n) is 2.25. The van der Waals surface area contributed by atoms with E-state index < -0.39 is 0 Å². The van der Waals surface area contributed by atoms with E-state index in [2.05, 4.69) is 17.1 Å². The van der Waals surface area contributed by atoms with E-state index >= 15 is 0 Å². The third kappa shape index (κ3) is 1.87. The van der Waals surface area contributed by atoms with Crippen LogP contribution in [-0.2, 0) is 4.74 Å². The Hall–Kier alpha value is -0.120. The van der Waals surface area contributed by atoms with Crippen LogP contribution < -0.4 is 5.32 Å². The van der Waals surface area contributed by atoms with Gasteiger partial charge in [-0.05, 0) is 26.3 Å². The lowest BCUT2D eigenvalue weighted by Crippen LogP contribution is -2.62. The molecule has 0 radical (unpaired) electrons. The predicted molar refractivity (Wildman–Crippen MR) is 52.9 cm³/mol. The van der Waals surface area contributed by atoms with Crippen molar-refractivity contribution in [2.45, 2.75) is 31.4 Å². The molecule has 0 bridgehead atoms. The molecule has 2 aliphatic heterocycles. The highest BCUT2D eigenvalue weighted by Gasteiger charge is 2.35. The second-order valence-corrected chi connectivity index (χ2v) is 4.54. The van der Waals surface area contributed by atoms with Gasteiger partial charge in [0, 0.05) is 32.8 Å². The molecule has 3 heteroatoms. The second-order valence-electron chi connectivity index (χ2n) is 4.54. The summed E-state index contributed by atoms with van der Waals surface area (Å²) >= 11 is 0. The molecular weight excluding hydrogens is 164 g/mol. The van der Waals surface area contributed by atoms with E-state index in [9.17, 15) is 0 Å². The summed E-state index contributed by atoms with van der Waals surface area (Å²) < 4.78 is 5.57. The molecule has 76 valence electrons. The molecule has 2 aliphatic rings. The standard InChI is InChI=1S/C10H20N2O/c1-10(13-2)4-3-5-12(8-10)9-6-11-7-9/h9,11H,3-8H2,1-2H3. The number of piperidine rings is 1. The first-order valence-corrected chi connectivity index (χ1v) is 5.23. The van der Waals surface area contributed by atoms with E-state index in [1.807, 2.05) is 7.11 Å². The van der Waals surface area contributed by atoms with Crippen molar-refractivity contribution < 1.29 is 4.74 Å².